The Labute approximate surface area is 173 Å². The van der Waals surface area contributed by atoms with E-state index in [0.717, 1.165) is 26.2 Å². The SMILES string of the molecule is Cc1nc(NC(=O)c2cccc3ccccc23)sc1-c1nc(-c2cccs2)no1. The molecule has 0 radical (unpaired) electrons. The summed E-state index contributed by atoms with van der Waals surface area (Å²) in [5.74, 6) is 0.741. The highest BCUT2D eigenvalue weighted by molar-refractivity contribution is 7.19. The van der Waals surface area contributed by atoms with Crippen molar-refractivity contribution in [1.29, 1.82) is 0 Å². The molecule has 142 valence electrons. The van der Waals surface area contributed by atoms with Gasteiger partial charge < -0.3 is 4.52 Å². The van der Waals surface area contributed by atoms with Crippen LogP contribution in [-0.2, 0) is 0 Å². The van der Waals surface area contributed by atoms with Gasteiger partial charge in [-0.3, -0.25) is 10.1 Å². The molecule has 0 fully saturated rings. The van der Waals surface area contributed by atoms with Gasteiger partial charge in [-0.25, -0.2) is 4.98 Å². The number of hydrogen-bond donors (Lipinski definition) is 1. The van der Waals surface area contributed by atoms with Crippen molar-refractivity contribution in [3.63, 3.8) is 0 Å². The average molecular weight is 419 g/mol. The van der Waals surface area contributed by atoms with Gasteiger partial charge in [0.05, 0.1) is 10.6 Å². The molecule has 8 heteroatoms. The van der Waals surface area contributed by atoms with Crippen molar-refractivity contribution >= 4 is 44.5 Å². The van der Waals surface area contributed by atoms with Crippen LogP contribution in [0.3, 0.4) is 0 Å². The monoisotopic (exact) mass is 418 g/mol. The minimum Gasteiger partial charge on any atom is -0.333 e. The fraction of sp³-hybridized carbons (Fsp3) is 0.0476. The summed E-state index contributed by atoms with van der Waals surface area (Å²) in [5.41, 5.74) is 1.33. The maximum Gasteiger partial charge on any atom is 0.270 e. The van der Waals surface area contributed by atoms with Crippen LogP contribution in [0.15, 0.2) is 64.5 Å². The van der Waals surface area contributed by atoms with E-state index in [1.807, 2.05) is 66.9 Å². The number of nitrogens with one attached hydrogen (secondary N) is 1. The number of amides is 1. The number of hydrogen-bond acceptors (Lipinski definition) is 7. The van der Waals surface area contributed by atoms with E-state index in [-0.39, 0.29) is 5.91 Å². The largest absolute Gasteiger partial charge is 0.333 e. The van der Waals surface area contributed by atoms with Crippen LogP contribution in [0.1, 0.15) is 16.1 Å². The first-order valence-electron chi connectivity index (χ1n) is 8.83. The van der Waals surface area contributed by atoms with Crippen molar-refractivity contribution < 1.29 is 9.32 Å². The average Bonchev–Trinajstić information content (AvgIpc) is 3.48. The van der Waals surface area contributed by atoms with Gasteiger partial charge in [0.2, 0.25) is 5.82 Å². The van der Waals surface area contributed by atoms with Crippen LogP contribution < -0.4 is 5.32 Å². The minimum atomic E-state index is -0.202. The Morgan fingerprint density at radius 3 is 2.76 bits per heavy atom. The van der Waals surface area contributed by atoms with E-state index in [0.29, 0.717) is 22.4 Å². The van der Waals surface area contributed by atoms with Gasteiger partial charge in [0.15, 0.2) is 5.13 Å². The number of fused-ring (bicyclic) bond motifs is 1. The van der Waals surface area contributed by atoms with Crippen molar-refractivity contribution in [3.05, 3.63) is 71.2 Å². The Morgan fingerprint density at radius 2 is 1.90 bits per heavy atom. The zero-order valence-corrected chi connectivity index (χ0v) is 16.9. The van der Waals surface area contributed by atoms with E-state index in [4.69, 9.17) is 4.52 Å². The summed E-state index contributed by atoms with van der Waals surface area (Å²) < 4.78 is 5.42. The summed E-state index contributed by atoms with van der Waals surface area (Å²) in [7, 11) is 0. The lowest BCUT2D eigenvalue weighted by molar-refractivity contribution is 0.102. The second-order valence-electron chi connectivity index (χ2n) is 6.31. The van der Waals surface area contributed by atoms with Crippen LogP contribution in [0.4, 0.5) is 5.13 Å². The van der Waals surface area contributed by atoms with E-state index in [1.54, 1.807) is 11.3 Å². The highest BCUT2D eigenvalue weighted by atomic mass is 32.1. The second kappa shape index (κ2) is 7.23. The molecule has 5 aromatic rings. The van der Waals surface area contributed by atoms with Crippen molar-refractivity contribution in [1.82, 2.24) is 15.1 Å². The summed E-state index contributed by atoms with van der Waals surface area (Å²) in [4.78, 5) is 23.5. The third-order valence-electron chi connectivity index (χ3n) is 4.41. The van der Waals surface area contributed by atoms with Gasteiger partial charge in [-0.15, -0.1) is 11.3 Å². The standard InChI is InChI=1S/C21H14N4O2S2/c1-12-17(20-23-18(25-27-20)16-10-5-11-28-16)29-21(22-12)24-19(26)15-9-4-7-13-6-2-3-8-14(13)15/h2-11H,1H3,(H,22,24,26). The van der Waals surface area contributed by atoms with Gasteiger partial charge in [-0.05, 0) is 35.2 Å². The number of aryl methyl sites for hydroxylation is 1. The van der Waals surface area contributed by atoms with Crippen LogP contribution in [0.2, 0.25) is 0 Å². The number of anilines is 1. The molecule has 1 amide bonds. The topological polar surface area (TPSA) is 80.9 Å². The molecule has 0 atom stereocenters. The summed E-state index contributed by atoms with van der Waals surface area (Å²) in [6.07, 6.45) is 0. The molecule has 29 heavy (non-hydrogen) atoms. The molecule has 0 saturated carbocycles. The van der Waals surface area contributed by atoms with E-state index in [2.05, 4.69) is 20.4 Å². The number of carbonyl (C=O) groups excluding carboxylic acids is 1. The van der Waals surface area contributed by atoms with Crippen molar-refractivity contribution in [2.75, 3.05) is 5.32 Å². The fourth-order valence-corrected chi connectivity index (χ4v) is 4.59. The molecule has 0 bridgehead atoms. The molecule has 0 saturated heterocycles. The minimum absolute atomic E-state index is 0.202. The number of benzene rings is 2. The quantitative estimate of drug-likeness (QED) is 0.409. The molecule has 0 aliphatic heterocycles. The van der Waals surface area contributed by atoms with Crippen LogP contribution in [0.5, 0.6) is 0 Å². The normalized spacial score (nSPS) is 11.1. The van der Waals surface area contributed by atoms with Crippen molar-refractivity contribution in [3.8, 4) is 21.5 Å². The number of thiophene rings is 1. The Balaban J connectivity index is 1.43. The van der Waals surface area contributed by atoms with Crippen LogP contribution in [0.25, 0.3) is 32.2 Å². The van der Waals surface area contributed by atoms with E-state index < -0.39 is 0 Å². The summed E-state index contributed by atoms with van der Waals surface area (Å²) >= 11 is 2.86. The molecule has 1 N–H and O–H groups in total. The van der Waals surface area contributed by atoms with Crippen LogP contribution >= 0.6 is 22.7 Å². The smallest absolute Gasteiger partial charge is 0.270 e. The second-order valence-corrected chi connectivity index (χ2v) is 8.26. The van der Waals surface area contributed by atoms with Gasteiger partial charge in [-0.1, -0.05) is 59.0 Å². The highest BCUT2D eigenvalue weighted by Crippen LogP contribution is 2.34. The molecule has 3 heterocycles. The Kier molecular flexibility index (Phi) is 4.42. The molecule has 0 aliphatic carbocycles. The summed E-state index contributed by atoms with van der Waals surface area (Å²) in [5, 5.41) is 11.3. The van der Waals surface area contributed by atoms with E-state index in [1.165, 1.54) is 11.3 Å². The van der Waals surface area contributed by atoms with Crippen LogP contribution in [0, 0.1) is 6.92 Å². The van der Waals surface area contributed by atoms with Gasteiger partial charge >= 0.3 is 0 Å². The first-order chi connectivity index (χ1) is 14.2. The Bertz CT molecular complexity index is 1320. The third kappa shape index (κ3) is 3.32. The van der Waals surface area contributed by atoms with Crippen LogP contribution in [-0.4, -0.2) is 21.0 Å². The first-order valence-corrected chi connectivity index (χ1v) is 10.5. The predicted molar refractivity (Wildman–Crippen MR) is 115 cm³/mol. The molecule has 5 rings (SSSR count). The number of thiazole rings is 1. The molecule has 0 unspecified atom stereocenters. The zero-order chi connectivity index (χ0) is 19.8. The van der Waals surface area contributed by atoms with Gasteiger partial charge in [0.25, 0.3) is 11.8 Å². The Hall–Kier alpha value is -3.36. The number of rotatable bonds is 4. The molecule has 2 aromatic carbocycles. The van der Waals surface area contributed by atoms with Crippen molar-refractivity contribution in [2.24, 2.45) is 0 Å². The molecular formula is C21H14N4O2S2. The van der Waals surface area contributed by atoms with Crippen molar-refractivity contribution in [2.45, 2.75) is 6.92 Å². The maximum atomic E-state index is 12.9. The predicted octanol–water partition coefficient (Wildman–Crippen LogP) is 5.64. The number of nitrogens with zero attached hydrogens (tertiary/aromatic N) is 3. The molecule has 0 aliphatic rings. The lowest BCUT2D eigenvalue weighted by Crippen LogP contribution is -2.12. The number of aromatic nitrogens is 3. The van der Waals surface area contributed by atoms with Gasteiger partial charge in [0.1, 0.15) is 4.88 Å². The zero-order valence-electron chi connectivity index (χ0n) is 15.2. The van der Waals surface area contributed by atoms with E-state index >= 15 is 0 Å². The first kappa shape index (κ1) is 17.7. The molecule has 0 spiro atoms. The molecular weight excluding hydrogens is 404 g/mol. The summed E-state index contributed by atoms with van der Waals surface area (Å²) in [6, 6.07) is 17.3. The Morgan fingerprint density at radius 1 is 1.03 bits per heavy atom. The van der Waals surface area contributed by atoms with Gasteiger partial charge in [0, 0.05) is 5.56 Å². The molecule has 3 aromatic heterocycles. The van der Waals surface area contributed by atoms with E-state index in [9.17, 15) is 4.79 Å². The van der Waals surface area contributed by atoms with Gasteiger partial charge in [-0.2, -0.15) is 4.98 Å². The lowest BCUT2D eigenvalue weighted by Gasteiger charge is -2.05. The summed E-state index contributed by atoms with van der Waals surface area (Å²) in [6.45, 7) is 1.86. The molecule has 6 nitrogen and oxygen atoms in total. The third-order valence-corrected chi connectivity index (χ3v) is 6.34. The lowest BCUT2D eigenvalue weighted by atomic mass is 10.0. The fourth-order valence-electron chi connectivity index (χ4n) is 3.06. The highest BCUT2D eigenvalue weighted by Gasteiger charge is 2.19. The maximum absolute atomic E-state index is 12.9. The number of carbonyl (C=O) groups is 1.